The van der Waals surface area contributed by atoms with Gasteiger partial charge in [-0.25, -0.2) is 4.79 Å². The van der Waals surface area contributed by atoms with Gasteiger partial charge in [0.15, 0.2) is 5.11 Å². The summed E-state index contributed by atoms with van der Waals surface area (Å²) in [6, 6.07) is 16.2. The van der Waals surface area contributed by atoms with E-state index in [0.717, 1.165) is 17.1 Å². The zero-order valence-electron chi connectivity index (χ0n) is 18.3. The molecule has 170 valence electrons. The van der Waals surface area contributed by atoms with E-state index in [0.29, 0.717) is 17.3 Å². The van der Waals surface area contributed by atoms with Gasteiger partial charge < -0.3 is 24.3 Å². The first-order chi connectivity index (χ1) is 16.0. The predicted molar refractivity (Wildman–Crippen MR) is 126 cm³/mol. The highest BCUT2D eigenvalue weighted by Gasteiger charge is 2.42. The fourth-order valence-electron chi connectivity index (χ4n) is 3.99. The lowest BCUT2D eigenvalue weighted by Crippen LogP contribution is -2.36. The van der Waals surface area contributed by atoms with Gasteiger partial charge in [0, 0.05) is 23.8 Å². The summed E-state index contributed by atoms with van der Waals surface area (Å²) in [4.78, 5) is 30.5. The molecular weight excluding hydrogens is 440 g/mol. The van der Waals surface area contributed by atoms with Gasteiger partial charge in [-0.05, 0) is 67.7 Å². The van der Waals surface area contributed by atoms with Crippen molar-refractivity contribution in [1.29, 1.82) is 0 Å². The molecule has 8 nitrogen and oxygen atoms in total. The lowest BCUT2D eigenvalue weighted by atomic mass is 10.0. The van der Waals surface area contributed by atoms with Crippen LogP contribution in [0.25, 0.3) is 5.69 Å². The standard InChI is InChI=1S/C24H24N4O4S/c1-3-32-20(29)15-28-22(21(26-24(28)33)18-7-4-5-13-25-18)19-8-6-14-27(19)17-11-9-16(10-12-17)23(30)31-2/h4-14,21-22H,3,15H2,1-2H3,(H,26,33). The second-order valence-electron chi connectivity index (χ2n) is 7.40. The molecule has 0 bridgehead atoms. The minimum absolute atomic E-state index is 0.0140. The first-order valence-electron chi connectivity index (χ1n) is 10.5. The molecule has 9 heteroatoms. The largest absolute Gasteiger partial charge is 0.465 e. The van der Waals surface area contributed by atoms with Crippen LogP contribution in [0.4, 0.5) is 0 Å². The molecule has 33 heavy (non-hydrogen) atoms. The SMILES string of the molecule is CCOC(=O)CN1C(=S)NC(c2ccccn2)C1c1cccn1-c1ccc(C(=O)OC)cc1. The molecule has 2 aromatic heterocycles. The third kappa shape index (κ3) is 4.58. The summed E-state index contributed by atoms with van der Waals surface area (Å²) in [6.07, 6.45) is 3.66. The Morgan fingerprint density at radius 2 is 1.91 bits per heavy atom. The molecule has 0 aliphatic carbocycles. The van der Waals surface area contributed by atoms with Crippen molar-refractivity contribution in [3.63, 3.8) is 0 Å². The van der Waals surface area contributed by atoms with Crippen molar-refractivity contribution < 1.29 is 19.1 Å². The Kier molecular flexibility index (Phi) is 6.69. The summed E-state index contributed by atoms with van der Waals surface area (Å²) in [7, 11) is 1.35. The molecule has 1 saturated heterocycles. The van der Waals surface area contributed by atoms with Gasteiger partial charge in [0.1, 0.15) is 6.54 Å². The minimum Gasteiger partial charge on any atom is -0.465 e. The van der Waals surface area contributed by atoms with Gasteiger partial charge >= 0.3 is 11.9 Å². The molecule has 1 aromatic carbocycles. The Morgan fingerprint density at radius 3 is 2.58 bits per heavy atom. The van der Waals surface area contributed by atoms with Crippen LogP contribution in [-0.4, -0.2) is 51.8 Å². The van der Waals surface area contributed by atoms with Crippen LogP contribution in [0, 0.1) is 0 Å². The molecule has 0 amide bonds. The quantitative estimate of drug-likeness (QED) is 0.422. The van der Waals surface area contributed by atoms with E-state index in [4.69, 9.17) is 21.7 Å². The Morgan fingerprint density at radius 1 is 1.12 bits per heavy atom. The van der Waals surface area contributed by atoms with E-state index >= 15 is 0 Å². The Bertz CT molecular complexity index is 1150. The first-order valence-corrected chi connectivity index (χ1v) is 10.9. The highest BCUT2D eigenvalue weighted by Crippen LogP contribution is 2.39. The van der Waals surface area contributed by atoms with Gasteiger partial charge in [-0.2, -0.15) is 0 Å². The maximum Gasteiger partial charge on any atom is 0.337 e. The summed E-state index contributed by atoms with van der Waals surface area (Å²) in [5.41, 5.74) is 3.04. The van der Waals surface area contributed by atoms with E-state index in [9.17, 15) is 9.59 Å². The van der Waals surface area contributed by atoms with Crippen LogP contribution >= 0.6 is 12.2 Å². The summed E-state index contributed by atoms with van der Waals surface area (Å²) < 4.78 is 12.0. The number of esters is 2. The van der Waals surface area contributed by atoms with Crippen molar-refractivity contribution in [2.45, 2.75) is 19.0 Å². The van der Waals surface area contributed by atoms with Crippen LogP contribution in [0.15, 0.2) is 67.0 Å². The van der Waals surface area contributed by atoms with Crippen LogP contribution in [0.2, 0.25) is 0 Å². The third-order valence-electron chi connectivity index (χ3n) is 5.45. The maximum absolute atomic E-state index is 12.4. The van der Waals surface area contributed by atoms with Crippen molar-refractivity contribution in [1.82, 2.24) is 19.8 Å². The normalized spacial score (nSPS) is 17.5. The van der Waals surface area contributed by atoms with E-state index in [1.165, 1.54) is 7.11 Å². The Balaban J connectivity index is 1.74. The van der Waals surface area contributed by atoms with Crippen molar-refractivity contribution in [3.8, 4) is 5.69 Å². The molecule has 0 spiro atoms. The number of thiocarbonyl (C=S) groups is 1. The number of ether oxygens (including phenoxy) is 2. The molecule has 0 radical (unpaired) electrons. The Hall–Kier alpha value is -3.72. The number of benzene rings is 1. The zero-order valence-corrected chi connectivity index (χ0v) is 19.1. The highest BCUT2D eigenvalue weighted by molar-refractivity contribution is 7.80. The number of methoxy groups -OCH3 is 1. The minimum atomic E-state index is -0.393. The van der Waals surface area contributed by atoms with E-state index in [1.807, 2.05) is 58.1 Å². The van der Waals surface area contributed by atoms with Crippen molar-refractivity contribution >= 4 is 29.3 Å². The summed E-state index contributed by atoms with van der Waals surface area (Å²) in [5.74, 6) is -0.746. The summed E-state index contributed by atoms with van der Waals surface area (Å²) >= 11 is 5.61. The summed E-state index contributed by atoms with van der Waals surface area (Å²) in [5, 5.41) is 3.79. The molecule has 4 rings (SSSR count). The van der Waals surface area contributed by atoms with Crippen LogP contribution < -0.4 is 5.32 Å². The second kappa shape index (κ2) is 9.83. The van der Waals surface area contributed by atoms with Crippen LogP contribution in [0.3, 0.4) is 0 Å². The number of carbonyl (C=O) groups is 2. The van der Waals surface area contributed by atoms with Gasteiger partial charge in [-0.15, -0.1) is 0 Å². The molecule has 0 saturated carbocycles. The van der Waals surface area contributed by atoms with Gasteiger partial charge in [0.2, 0.25) is 0 Å². The van der Waals surface area contributed by atoms with Crippen molar-refractivity contribution in [3.05, 3.63) is 83.9 Å². The molecule has 3 heterocycles. The number of hydrogen-bond donors (Lipinski definition) is 1. The topological polar surface area (TPSA) is 85.7 Å². The van der Waals surface area contributed by atoms with Crippen LogP contribution in [0.1, 0.15) is 40.8 Å². The molecule has 2 atom stereocenters. The molecular formula is C24H24N4O4S. The number of hydrogen-bond acceptors (Lipinski definition) is 6. The van der Waals surface area contributed by atoms with E-state index in [2.05, 4.69) is 10.3 Å². The fraction of sp³-hybridized carbons (Fsp3) is 0.250. The fourth-order valence-corrected chi connectivity index (χ4v) is 4.29. The van der Waals surface area contributed by atoms with Crippen molar-refractivity contribution in [2.24, 2.45) is 0 Å². The molecule has 1 aliphatic heterocycles. The average molecular weight is 465 g/mol. The molecule has 2 unspecified atom stereocenters. The summed E-state index contributed by atoms with van der Waals surface area (Å²) in [6.45, 7) is 2.08. The monoisotopic (exact) mass is 464 g/mol. The van der Waals surface area contributed by atoms with Crippen molar-refractivity contribution in [2.75, 3.05) is 20.3 Å². The van der Waals surface area contributed by atoms with E-state index < -0.39 is 5.97 Å². The van der Waals surface area contributed by atoms with E-state index in [-0.39, 0.29) is 24.6 Å². The number of pyridine rings is 1. The van der Waals surface area contributed by atoms with Crippen LogP contribution in [-0.2, 0) is 14.3 Å². The maximum atomic E-state index is 12.4. The number of rotatable bonds is 7. The van der Waals surface area contributed by atoms with Gasteiger partial charge in [0.25, 0.3) is 0 Å². The molecule has 1 aliphatic rings. The smallest absolute Gasteiger partial charge is 0.337 e. The molecule has 1 N–H and O–H groups in total. The van der Waals surface area contributed by atoms with Gasteiger partial charge in [0.05, 0.1) is 37.1 Å². The van der Waals surface area contributed by atoms with Gasteiger partial charge in [-0.3, -0.25) is 9.78 Å². The number of nitrogens with zero attached hydrogens (tertiary/aromatic N) is 3. The van der Waals surface area contributed by atoms with Crippen LogP contribution in [0.5, 0.6) is 0 Å². The number of carbonyl (C=O) groups excluding carboxylic acids is 2. The first kappa shape index (κ1) is 22.5. The number of aromatic nitrogens is 2. The third-order valence-corrected chi connectivity index (χ3v) is 5.80. The second-order valence-corrected chi connectivity index (χ2v) is 7.79. The lowest BCUT2D eigenvalue weighted by Gasteiger charge is -2.28. The lowest BCUT2D eigenvalue weighted by molar-refractivity contribution is -0.143. The van der Waals surface area contributed by atoms with E-state index in [1.54, 1.807) is 25.3 Å². The Labute approximate surface area is 197 Å². The van der Waals surface area contributed by atoms with Gasteiger partial charge in [-0.1, -0.05) is 6.07 Å². The molecule has 3 aromatic rings. The molecule has 1 fully saturated rings. The zero-order chi connectivity index (χ0) is 23.4. The number of nitrogens with one attached hydrogen (secondary N) is 1. The average Bonchev–Trinajstić information content (AvgIpc) is 3.44. The highest BCUT2D eigenvalue weighted by atomic mass is 32.1. The predicted octanol–water partition coefficient (Wildman–Crippen LogP) is 3.19.